The third kappa shape index (κ3) is 2.07. The van der Waals surface area contributed by atoms with Crippen LogP contribution in [0.2, 0.25) is 0 Å². The summed E-state index contributed by atoms with van der Waals surface area (Å²) >= 11 is 3.45. The lowest BCUT2D eigenvalue weighted by Gasteiger charge is -2.38. The van der Waals surface area contributed by atoms with Crippen LogP contribution in [0.5, 0.6) is 0 Å². The molecule has 2 heterocycles. The Morgan fingerprint density at radius 3 is 3.00 bits per heavy atom. The second-order valence-electron chi connectivity index (χ2n) is 4.01. The molecule has 0 spiro atoms. The minimum Gasteiger partial charge on any atom is -0.383 e. The monoisotopic (exact) mass is 256 g/mol. The fourth-order valence-corrected chi connectivity index (χ4v) is 1.77. The number of hydrogen-bond acceptors (Lipinski definition) is 3. The molecule has 14 heavy (non-hydrogen) atoms. The van der Waals surface area contributed by atoms with Gasteiger partial charge in [0.15, 0.2) is 0 Å². The zero-order valence-electron chi connectivity index (χ0n) is 8.09. The summed E-state index contributed by atoms with van der Waals surface area (Å²) in [4.78, 5) is 4.01. The number of pyridine rings is 1. The van der Waals surface area contributed by atoms with Crippen LogP contribution in [0, 0.1) is 5.41 Å². The summed E-state index contributed by atoms with van der Waals surface area (Å²) in [7, 11) is 0. The molecule has 1 fully saturated rings. The number of ether oxygens (including phenoxy) is 1. The Balaban J connectivity index is 1.95. The number of rotatable bonds is 3. The third-order valence-corrected chi connectivity index (χ3v) is 3.01. The summed E-state index contributed by atoms with van der Waals surface area (Å²) in [6.07, 6.45) is 3.58. The maximum atomic E-state index is 5.19. The second-order valence-corrected chi connectivity index (χ2v) is 4.87. The van der Waals surface area contributed by atoms with Gasteiger partial charge >= 0.3 is 0 Å². The third-order valence-electron chi connectivity index (χ3n) is 2.38. The standard InChI is InChI=1S/C10H13BrN2O/c1-10(6-14-7-10)5-13-9-2-3-12-4-8(9)11/h2-4H,5-7H2,1H3,(H,12,13). The van der Waals surface area contributed by atoms with Crippen molar-refractivity contribution in [3.05, 3.63) is 22.9 Å². The van der Waals surface area contributed by atoms with Gasteiger partial charge in [-0.05, 0) is 22.0 Å². The van der Waals surface area contributed by atoms with Gasteiger partial charge in [-0.15, -0.1) is 0 Å². The Kier molecular flexibility index (Phi) is 2.74. The number of anilines is 1. The van der Waals surface area contributed by atoms with E-state index in [1.807, 2.05) is 6.07 Å². The molecule has 1 aliphatic heterocycles. The van der Waals surface area contributed by atoms with Crippen molar-refractivity contribution in [1.29, 1.82) is 0 Å². The number of nitrogens with zero attached hydrogens (tertiary/aromatic N) is 1. The van der Waals surface area contributed by atoms with Gasteiger partial charge in [0.1, 0.15) is 0 Å². The highest BCUT2D eigenvalue weighted by Gasteiger charge is 2.32. The zero-order chi connectivity index (χ0) is 10.0. The van der Waals surface area contributed by atoms with Crippen LogP contribution in [0.25, 0.3) is 0 Å². The topological polar surface area (TPSA) is 34.2 Å². The number of aromatic nitrogens is 1. The first kappa shape index (κ1) is 9.93. The molecule has 0 saturated carbocycles. The molecule has 0 bridgehead atoms. The van der Waals surface area contributed by atoms with E-state index in [0.29, 0.717) is 5.41 Å². The van der Waals surface area contributed by atoms with Crippen molar-refractivity contribution >= 4 is 21.6 Å². The molecule has 0 unspecified atom stereocenters. The van der Waals surface area contributed by atoms with E-state index >= 15 is 0 Å². The highest BCUT2D eigenvalue weighted by atomic mass is 79.9. The predicted molar refractivity (Wildman–Crippen MR) is 59.4 cm³/mol. The fourth-order valence-electron chi connectivity index (χ4n) is 1.38. The van der Waals surface area contributed by atoms with Crippen LogP contribution >= 0.6 is 15.9 Å². The molecular weight excluding hydrogens is 244 g/mol. The number of halogens is 1. The van der Waals surface area contributed by atoms with Gasteiger partial charge in [-0.2, -0.15) is 0 Å². The minimum absolute atomic E-state index is 0.294. The van der Waals surface area contributed by atoms with E-state index in [1.165, 1.54) is 0 Å². The zero-order valence-corrected chi connectivity index (χ0v) is 9.67. The summed E-state index contributed by atoms with van der Waals surface area (Å²) in [5, 5.41) is 3.39. The fraction of sp³-hybridized carbons (Fsp3) is 0.500. The van der Waals surface area contributed by atoms with Crippen LogP contribution in [-0.4, -0.2) is 24.7 Å². The molecule has 0 aromatic carbocycles. The smallest absolute Gasteiger partial charge is 0.0590 e. The molecule has 1 aliphatic rings. The quantitative estimate of drug-likeness (QED) is 0.902. The van der Waals surface area contributed by atoms with Crippen LogP contribution in [0.1, 0.15) is 6.92 Å². The van der Waals surface area contributed by atoms with Crippen LogP contribution in [0.3, 0.4) is 0 Å². The average molecular weight is 257 g/mol. The Labute approximate surface area is 92.0 Å². The molecule has 1 aromatic rings. The van der Waals surface area contributed by atoms with Crippen molar-refractivity contribution in [2.24, 2.45) is 5.41 Å². The molecule has 3 nitrogen and oxygen atoms in total. The predicted octanol–water partition coefficient (Wildman–Crippen LogP) is 2.29. The highest BCUT2D eigenvalue weighted by Crippen LogP contribution is 2.28. The van der Waals surface area contributed by atoms with Gasteiger partial charge in [-0.3, -0.25) is 4.98 Å². The molecule has 1 saturated heterocycles. The van der Waals surface area contributed by atoms with Crippen molar-refractivity contribution in [3.63, 3.8) is 0 Å². The first-order valence-corrected chi connectivity index (χ1v) is 5.40. The molecule has 2 rings (SSSR count). The molecule has 0 amide bonds. The summed E-state index contributed by atoms with van der Waals surface area (Å²) < 4.78 is 6.20. The first-order valence-electron chi connectivity index (χ1n) is 4.61. The summed E-state index contributed by atoms with van der Waals surface area (Å²) in [6.45, 7) is 4.86. The van der Waals surface area contributed by atoms with Gasteiger partial charge in [0.25, 0.3) is 0 Å². The van der Waals surface area contributed by atoms with Crippen molar-refractivity contribution in [2.45, 2.75) is 6.92 Å². The van der Waals surface area contributed by atoms with Gasteiger partial charge in [0.2, 0.25) is 0 Å². The maximum Gasteiger partial charge on any atom is 0.0590 e. The van der Waals surface area contributed by atoms with Crippen LogP contribution in [0.15, 0.2) is 22.9 Å². The lowest BCUT2D eigenvalue weighted by atomic mass is 9.89. The number of nitrogens with one attached hydrogen (secondary N) is 1. The molecule has 4 heteroatoms. The molecule has 1 aromatic heterocycles. The minimum atomic E-state index is 0.294. The van der Waals surface area contributed by atoms with Gasteiger partial charge in [-0.25, -0.2) is 0 Å². The van der Waals surface area contributed by atoms with Crippen molar-refractivity contribution in [2.75, 3.05) is 25.1 Å². The first-order chi connectivity index (χ1) is 6.70. The lowest BCUT2D eigenvalue weighted by Crippen LogP contribution is -2.45. The Bertz CT molecular complexity index is 326. The normalized spacial score (nSPS) is 18.7. The lowest BCUT2D eigenvalue weighted by molar-refractivity contribution is -0.0924. The van der Waals surface area contributed by atoms with E-state index < -0.39 is 0 Å². The molecule has 0 aliphatic carbocycles. The van der Waals surface area contributed by atoms with Crippen LogP contribution in [0.4, 0.5) is 5.69 Å². The molecule has 1 N–H and O–H groups in total. The highest BCUT2D eigenvalue weighted by molar-refractivity contribution is 9.10. The second kappa shape index (κ2) is 3.87. The van der Waals surface area contributed by atoms with Gasteiger partial charge in [0.05, 0.1) is 23.4 Å². The van der Waals surface area contributed by atoms with Crippen LogP contribution in [-0.2, 0) is 4.74 Å². The van der Waals surface area contributed by atoms with Gasteiger partial charge in [-0.1, -0.05) is 6.92 Å². The molecular formula is C10H13BrN2O. The van der Waals surface area contributed by atoms with Crippen LogP contribution < -0.4 is 5.32 Å². The summed E-state index contributed by atoms with van der Waals surface area (Å²) in [6, 6.07) is 1.97. The number of hydrogen-bond donors (Lipinski definition) is 1. The van der Waals surface area contributed by atoms with E-state index in [-0.39, 0.29) is 0 Å². The van der Waals surface area contributed by atoms with E-state index in [0.717, 1.165) is 29.9 Å². The van der Waals surface area contributed by atoms with Crippen molar-refractivity contribution in [1.82, 2.24) is 4.98 Å². The summed E-state index contributed by atoms with van der Waals surface area (Å²) in [5.74, 6) is 0. The Morgan fingerprint density at radius 2 is 2.43 bits per heavy atom. The van der Waals surface area contributed by atoms with Crippen molar-refractivity contribution < 1.29 is 4.74 Å². The SMILES string of the molecule is CC1(CNc2ccncc2Br)COC1. The van der Waals surface area contributed by atoms with E-state index in [4.69, 9.17) is 4.74 Å². The maximum absolute atomic E-state index is 5.19. The Hall–Kier alpha value is -0.610. The summed E-state index contributed by atoms with van der Waals surface area (Å²) in [5.41, 5.74) is 1.39. The van der Waals surface area contributed by atoms with Gasteiger partial charge < -0.3 is 10.1 Å². The average Bonchev–Trinajstić information content (AvgIpc) is 2.14. The van der Waals surface area contributed by atoms with E-state index in [9.17, 15) is 0 Å². The largest absolute Gasteiger partial charge is 0.383 e. The van der Waals surface area contributed by atoms with Crippen molar-refractivity contribution in [3.8, 4) is 0 Å². The van der Waals surface area contributed by atoms with Gasteiger partial charge in [0, 0.05) is 24.4 Å². The van der Waals surface area contributed by atoms with E-state index in [2.05, 4.69) is 33.2 Å². The molecule has 76 valence electrons. The van der Waals surface area contributed by atoms with E-state index in [1.54, 1.807) is 12.4 Å². The molecule has 0 atom stereocenters. The Morgan fingerprint density at radius 1 is 1.64 bits per heavy atom. The molecule has 0 radical (unpaired) electrons.